The number of nitrogen functional groups attached to an aromatic ring is 1. The number of aromatic nitrogens is 1. The van der Waals surface area contributed by atoms with Crippen molar-refractivity contribution in [1.29, 1.82) is 0 Å². The molecule has 1 aliphatic rings. The third kappa shape index (κ3) is 3.00. The molecule has 3 N–H and O–H groups in total. The Hall–Kier alpha value is -1.58. The average Bonchev–Trinajstić information content (AvgIpc) is 2.40. The Kier molecular flexibility index (Phi) is 4.18. The highest BCUT2D eigenvalue weighted by Crippen LogP contribution is 2.26. The molecule has 1 fully saturated rings. The number of carbonyl (C=O) groups excluding carboxylic acids is 1. The largest absolute Gasteiger partial charge is 0.398 e. The van der Waals surface area contributed by atoms with Crippen molar-refractivity contribution in [3.63, 3.8) is 0 Å². The lowest BCUT2D eigenvalue weighted by Crippen LogP contribution is -2.37. The molecule has 18 heavy (non-hydrogen) atoms. The molecule has 0 aliphatic heterocycles. The maximum Gasteiger partial charge on any atom is 0.255 e. The quantitative estimate of drug-likeness (QED) is 0.861. The van der Waals surface area contributed by atoms with Gasteiger partial charge in [-0.25, -0.2) is 0 Å². The lowest BCUT2D eigenvalue weighted by Gasteiger charge is -2.28. The van der Waals surface area contributed by atoms with Gasteiger partial charge in [0.2, 0.25) is 0 Å². The molecule has 0 radical (unpaired) electrons. The van der Waals surface area contributed by atoms with Crippen LogP contribution in [-0.2, 0) is 0 Å². The Morgan fingerprint density at radius 1 is 1.44 bits per heavy atom. The van der Waals surface area contributed by atoms with Crippen molar-refractivity contribution in [1.82, 2.24) is 10.3 Å². The Labute approximate surface area is 108 Å². The summed E-state index contributed by atoms with van der Waals surface area (Å²) >= 11 is 0. The molecule has 1 heterocycles. The number of nitrogens with zero attached hydrogens (tertiary/aromatic N) is 1. The standard InChI is InChI=1S/C14H21N3O/c1-2-10-3-5-11(6-4-10)17-14(18)12-9-16-8-7-13(12)15/h7-11H,2-6H2,1H3,(H2,15,16)(H,17,18). The monoisotopic (exact) mass is 247 g/mol. The number of nitrogens with two attached hydrogens (primary N) is 1. The topological polar surface area (TPSA) is 68.0 Å². The molecule has 98 valence electrons. The van der Waals surface area contributed by atoms with Gasteiger partial charge in [0.15, 0.2) is 0 Å². The Morgan fingerprint density at radius 2 is 2.17 bits per heavy atom. The van der Waals surface area contributed by atoms with Crippen LogP contribution in [0.25, 0.3) is 0 Å². The zero-order valence-electron chi connectivity index (χ0n) is 10.9. The number of amides is 1. The lowest BCUT2D eigenvalue weighted by atomic mass is 9.84. The second kappa shape index (κ2) is 5.85. The summed E-state index contributed by atoms with van der Waals surface area (Å²) in [6.45, 7) is 2.24. The first-order chi connectivity index (χ1) is 8.70. The van der Waals surface area contributed by atoms with Crippen LogP contribution in [-0.4, -0.2) is 16.9 Å². The molecule has 0 saturated heterocycles. The molecule has 0 atom stereocenters. The third-order valence-corrected chi connectivity index (χ3v) is 3.86. The third-order valence-electron chi connectivity index (χ3n) is 3.86. The van der Waals surface area contributed by atoms with Gasteiger partial charge < -0.3 is 11.1 Å². The predicted octanol–water partition coefficient (Wildman–Crippen LogP) is 2.36. The van der Waals surface area contributed by atoms with Gasteiger partial charge in [-0.3, -0.25) is 9.78 Å². The van der Waals surface area contributed by atoms with Crippen LogP contribution in [0, 0.1) is 5.92 Å². The second-order valence-corrected chi connectivity index (χ2v) is 5.06. The molecule has 2 rings (SSSR count). The molecule has 0 bridgehead atoms. The molecule has 1 amide bonds. The zero-order valence-corrected chi connectivity index (χ0v) is 10.9. The number of rotatable bonds is 3. The molecule has 1 aromatic rings. The van der Waals surface area contributed by atoms with Gasteiger partial charge in [-0.2, -0.15) is 0 Å². The van der Waals surface area contributed by atoms with Crippen LogP contribution in [0.2, 0.25) is 0 Å². The van der Waals surface area contributed by atoms with E-state index < -0.39 is 0 Å². The highest BCUT2D eigenvalue weighted by molar-refractivity contribution is 5.98. The summed E-state index contributed by atoms with van der Waals surface area (Å²) in [4.78, 5) is 16.0. The molecule has 4 heteroatoms. The van der Waals surface area contributed by atoms with E-state index in [9.17, 15) is 4.79 Å². The van der Waals surface area contributed by atoms with Crippen molar-refractivity contribution in [3.05, 3.63) is 24.0 Å². The summed E-state index contributed by atoms with van der Waals surface area (Å²) in [7, 11) is 0. The zero-order chi connectivity index (χ0) is 13.0. The van der Waals surface area contributed by atoms with Gasteiger partial charge in [0.1, 0.15) is 0 Å². The van der Waals surface area contributed by atoms with E-state index in [0.29, 0.717) is 17.3 Å². The predicted molar refractivity (Wildman–Crippen MR) is 72.2 cm³/mol. The molecule has 0 unspecified atom stereocenters. The van der Waals surface area contributed by atoms with E-state index in [2.05, 4.69) is 17.2 Å². The average molecular weight is 247 g/mol. The molecule has 1 aromatic heterocycles. The fraction of sp³-hybridized carbons (Fsp3) is 0.571. The summed E-state index contributed by atoms with van der Waals surface area (Å²) in [6.07, 6.45) is 8.94. The Balaban J connectivity index is 1.91. The van der Waals surface area contributed by atoms with E-state index in [1.807, 2.05) is 0 Å². The normalized spacial score (nSPS) is 23.6. The minimum atomic E-state index is -0.0967. The second-order valence-electron chi connectivity index (χ2n) is 5.06. The first-order valence-electron chi connectivity index (χ1n) is 6.71. The van der Waals surface area contributed by atoms with E-state index in [4.69, 9.17) is 5.73 Å². The van der Waals surface area contributed by atoms with Gasteiger partial charge in [0, 0.05) is 24.1 Å². The van der Waals surface area contributed by atoms with E-state index >= 15 is 0 Å². The van der Waals surface area contributed by atoms with Gasteiger partial charge >= 0.3 is 0 Å². The fourth-order valence-electron chi connectivity index (χ4n) is 2.57. The Morgan fingerprint density at radius 3 is 2.78 bits per heavy atom. The highest BCUT2D eigenvalue weighted by Gasteiger charge is 2.22. The molecule has 1 saturated carbocycles. The van der Waals surface area contributed by atoms with E-state index in [0.717, 1.165) is 18.8 Å². The lowest BCUT2D eigenvalue weighted by molar-refractivity contribution is 0.0922. The van der Waals surface area contributed by atoms with Gasteiger partial charge in [-0.15, -0.1) is 0 Å². The number of hydrogen-bond donors (Lipinski definition) is 2. The number of pyridine rings is 1. The summed E-state index contributed by atoms with van der Waals surface area (Å²) in [6, 6.07) is 1.95. The van der Waals surface area contributed by atoms with Crippen molar-refractivity contribution < 1.29 is 4.79 Å². The SMILES string of the molecule is CCC1CCC(NC(=O)c2cnccc2N)CC1. The number of nitrogens with one attached hydrogen (secondary N) is 1. The number of hydrogen-bond acceptors (Lipinski definition) is 3. The van der Waals surface area contributed by atoms with Crippen LogP contribution in [0.1, 0.15) is 49.4 Å². The molecule has 0 spiro atoms. The van der Waals surface area contributed by atoms with Crippen molar-refractivity contribution in [2.45, 2.75) is 45.1 Å². The molecular weight excluding hydrogens is 226 g/mol. The van der Waals surface area contributed by atoms with Gasteiger partial charge in [-0.05, 0) is 37.7 Å². The maximum absolute atomic E-state index is 12.1. The first kappa shape index (κ1) is 12.9. The van der Waals surface area contributed by atoms with Gasteiger partial charge in [0.05, 0.1) is 5.56 Å². The van der Waals surface area contributed by atoms with Gasteiger partial charge in [-0.1, -0.05) is 13.3 Å². The Bertz CT molecular complexity index is 411. The van der Waals surface area contributed by atoms with E-state index in [1.165, 1.54) is 25.5 Å². The first-order valence-corrected chi connectivity index (χ1v) is 6.71. The van der Waals surface area contributed by atoms with E-state index in [1.54, 1.807) is 12.3 Å². The van der Waals surface area contributed by atoms with Crippen molar-refractivity contribution >= 4 is 11.6 Å². The van der Waals surface area contributed by atoms with Crippen LogP contribution in [0.4, 0.5) is 5.69 Å². The van der Waals surface area contributed by atoms with E-state index in [-0.39, 0.29) is 5.91 Å². The maximum atomic E-state index is 12.1. The summed E-state index contributed by atoms with van der Waals surface area (Å²) < 4.78 is 0. The fourth-order valence-corrected chi connectivity index (χ4v) is 2.57. The minimum absolute atomic E-state index is 0.0967. The molecule has 4 nitrogen and oxygen atoms in total. The van der Waals surface area contributed by atoms with Crippen molar-refractivity contribution in [3.8, 4) is 0 Å². The minimum Gasteiger partial charge on any atom is -0.398 e. The smallest absolute Gasteiger partial charge is 0.255 e. The van der Waals surface area contributed by atoms with Crippen LogP contribution < -0.4 is 11.1 Å². The van der Waals surface area contributed by atoms with Crippen LogP contribution in [0.3, 0.4) is 0 Å². The summed E-state index contributed by atoms with van der Waals surface area (Å²) in [5.74, 6) is 0.738. The van der Waals surface area contributed by atoms with Crippen molar-refractivity contribution in [2.75, 3.05) is 5.73 Å². The summed E-state index contributed by atoms with van der Waals surface area (Å²) in [5, 5.41) is 3.06. The number of carbonyl (C=O) groups is 1. The van der Waals surface area contributed by atoms with Crippen LogP contribution in [0.15, 0.2) is 18.5 Å². The molecule has 1 aliphatic carbocycles. The number of anilines is 1. The molecular formula is C14H21N3O. The molecule has 0 aromatic carbocycles. The van der Waals surface area contributed by atoms with Crippen molar-refractivity contribution in [2.24, 2.45) is 5.92 Å². The van der Waals surface area contributed by atoms with Gasteiger partial charge in [0.25, 0.3) is 5.91 Å². The van der Waals surface area contributed by atoms with Crippen LogP contribution >= 0.6 is 0 Å². The van der Waals surface area contributed by atoms with Crippen LogP contribution in [0.5, 0.6) is 0 Å². The highest BCUT2D eigenvalue weighted by atomic mass is 16.1. The summed E-state index contributed by atoms with van der Waals surface area (Å²) in [5.41, 5.74) is 6.74.